The average molecular weight is 298 g/mol. The molecular weight excluding hydrogens is 281 g/mol. The summed E-state index contributed by atoms with van der Waals surface area (Å²) < 4.78 is 19.0. The smallest absolute Gasteiger partial charge is 0.244 e. The van der Waals surface area contributed by atoms with Gasteiger partial charge in [0.05, 0.1) is 11.1 Å². The summed E-state index contributed by atoms with van der Waals surface area (Å²) in [7, 11) is 0. The van der Waals surface area contributed by atoms with Gasteiger partial charge in [-0.25, -0.2) is 4.39 Å². The highest BCUT2D eigenvalue weighted by atomic mass is 35.5. The van der Waals surface area contributed by atoms with Crippen molar-refractivity contribution in [2.75, 3.05) is 0 Å². The molecule has 0 fully saturated rings. The molecule has 0 aliphatic heterocycles. The van der Waals surface area contributed by atoms with Crippen LogP contribution in [-0.4, -0.2) is 10.1 Å². The van der Waals surface area contributed by atoms with Crippen LogP contribution in [0.15, 0.2) is 22.7 Å². The lowest BCUT2D eigenvalue weighted by molar-refractivity contribution is 0.252. The van der Waals surface area contributed by atoms with Crippen LogP contribution < -0.4 is 5.73 Å². The van der Waals surface area contributed by atoms with Gasteiger partial charge in [-0.15, -0.1) is 0 Å². The summed E-state index contributed by atoms with van der Waals surface area (Å²) in [5, 5.41) is 3.92. The Kier molecular flexibility index (Phi) is 4.11. The highest BCUT2D eigenvalue weighted by molar-refractivity contribution is 6.30. The standard InChI is InChI=1S/C14H17ClFN3O/c1-14(2,3)12(17)13-18-10(19-20-13)7-8-5-4-6-9(15)11(8)16/h4-6,12H,7,17H2,1-3H3/t12-/m0/s1. The Morgan fingerprint density at radius 1 is 1.40 bits per heavy atom. The van der Waals surface area contributed by atoms with E-state index in [1.54, 1.807) is 12.1 Å². The van der Waals surface area contributed by atoms with Crippen LogP contribution >= 0.6 is 11.6 Å². The maximum atomic E-state index is 13.8. The van der Waals surface area contributed by atoms with E-state index in [1.807, 2.05) is 20.8 Å². The van der Waals surface area contributed by atoms with E-state index in [0.29, 0.717) is 17.3 Å². The van der Waals surface area contributed by atoms with Gasteiger partial charge in [0.2, 0.25) is 5.89 Å². The van der Waals surface area contributed by atoms with Crippen LogP contribution in [0.4, 0.5) is 4.39 Å². The molecule has 20 heavy (non-hydrogen) atoms. The van der Waals surface area contributed by atoms with Gasteiger partial charge in [-0.2, -0.15) is 4.98 Å². The predicted octanol–water partition coefficient (Wildman–Crippen LogP) is 3.50. The number of aromatic nitrogens is 2. The molecule has 0 bridgehead atoms. The number of hydrogen-bond acceptors (Lipinski definition) is 4. The van der Waals surface area contributed by atoms with Crippen molar-refractivity contribution in [2.45, 2.75) is 33.2 Å². The van der Waals surface area contributed by atoms with E-state index in [2.05, 4.69) is 10.1 Å². The molecule has 1 atom stereocenters. The largest absolute Gasteiger partial charge is 0.338 e. The summed E-state index contributed by atoms with van der Waals surface area (Å²) in [6, 6.07) is 4.45. The highest BCUT2D eigenvalue weighted by Gasteiger charge is 2.27. The monoisotopic (exact) mass is 297 g/mol. The third-order valence-electron chi connectivity index (χ3n) is 3.06. The molecule has 2 rings (SSSR count). The number of halogens is 2. The van der Waals surface area contributed by atoms with Crippen LogP contribution in [0.1, 0.15) is 44.1 Å². The number of nitrogens with zero attached hydrogens (tertiary/aromatic N) is 2. The van der Waals surface area contributed by atoms with E-state index in [0.717, 1.165) is 0 Å². The molecule has 1 aromatic heterocycles. The van der Waals surface area contributed by atoms with Crippen LogP contribution in [0, 0.1) is 11.2 Å². The Hall–Kier alpha value is -1.46. The van der Waals surface area contributed by atoms with Crippen molar-refractivity contribution >= 4 is 11.6 Å². The normalized spacial score (nSPS) is 13.5. The zero-order chi connectivity index (χ0) is 14.9. The SMILES string of the molecule is CC(C)(C)[C@@H](N)c1nc(Cc2cccc(Cl)c2F)no1. The molecule has 0 spiro atoms. The summed E-state index contributed by atoms with van der Waals surface area (Å²) in [5.74, 6) is 0.288. The maximum Gasteiger partial charge on any atom is 0.244 e. The van der Waals surface area contributed by atoms with Gasteiger partial charge in [0.15, 0.2) is 5.82 Å². The van der Waals surface area contributed by atoms with Crippen molar-refractivity contribution in [1.82, 2.24) is 10.1 Å². The van der Waals surface area contributed by atoms with Gasteiger partial charge in [0.25, 0.3) is 0 Å². The lowest BCUT2D eigenvalue weighted by atomic mass is 9.87. The Labute approximate surface area is 122 Å². The number of nitrogens with two attached hydrogens (primary N) is 1. The molecule has 1 aromatic carbocycles. The third kappa shape index (κ3) is 3.16. The first kappa shape index (κ1) is 14.9. The van der Waals surface area contributed by atoms with Crippen LogP contribution in [0.2, 0.25) is 5.02 Å². The molecule has 0 saturated carbocycles. The summed E-state index contributed by atoms with van der Waals surface area (Å²) in [6.45, 7) is 5.95. The van der Waals surface area contributed by atoms with Crippen molar-refractivity contribution in [2.24, 2.45) is 11.1 Å². The second kappa shape index (κ2) is 5.50. The third-order valence-corrected chi connectivity index (χ3v) is 3.35. The first-order valence-corrected chi connectivity index (χ1v) is 6.68. The predicted molar refractivity (Wildman–Crippen MR) is 74.9 cm³/mol. The Morgan fingerprint density at radius 2 is 2.10 bits per heavy atom. The van der Waals surface area contributed by atoms with Crippen molar-refractivity contribution in [3.63, 3.8) is 0 Å². The van der Waals surface area contributed by atoms with Crippen molar-refractivity contribution < 1.29 is 8.91 Å². The van der Waals surface area contributed by atoms with Crippen LogP contribution in [0.25, 0.3) is 0 Å². The lowest BCUT2D eigenvalue weighted by Gasteiger charge is -2.23. The van der Waals surface area contributed by atoms with Gasteiger partial charge in [-0.3, -0.25) is 0 Å². The van der Waals surface area contributed by atoms with Crippen LogP contribution in [0.5, 0.6) is 0 Å². The topological polar surface area (TPSA) is 64.9 Å². The van der Waals surface area contributed by atoms with Crippen molar-refractivity contribution in [3.05, 3.63) is 46.3 Å². The van der Waals surface area contributed by atoms with Crippen molar-refractivity contribution in [3.8, 4) is 0 Å². The van der Waals surface area contributed by atoms with Gasteiger partial charge < -0.3 is 10.3 Å². The molecule has 0 unspecified atom stereocenters. The molecule has 0 aliphatic carbocycles. The zero-order valence-electron chi connectivity index (χ0n) is 11.7. The fourth-order valence-corrected chi connectivity index (χ4v) is 1.89. The Morgan fingerprint density at radius 3 is 2.75 bits per heavy atom. The fraction of sp³-hybridized carbons (Fsp3) is 0.429. The number of rotatable bonds is 3. The van der Waals surface area contributed by atoms with Crippen LogP contribution in [-0.2, 0) is 6.42 Å². The van der Waals surface area contributed by atoms with Gasteiger partial charge in [0.1, 0.15) is 5.82 Å². The Bertz CT molecular complexity index is 607. The van der Waals surface area contributed by atoms with Crippen LogP contribution in [0.3, 0.4) is 0 Å². The zero-order valence-corrected chi connectivity index (χ0v) is 12.4. The first-order valence-electron chi connectivity index (χ1n) is 6.30. The van der Waals surface area contributed by atoms with Gasteiger partial charge >= 0.3 is 0 Å². The summed E-state index contributed by atoms with van der Waals surface area (Å²) in [6.07, 6.45) is 0.215. The van der Waals surface area contributed by atoms with E-state index in [4.69, 9.17) is 21.9 Å². The number of hydrogen-bond donors (Lipinski definition) is 1. The maximum absolute atomic E-state index is 13.8. The van der Waals surface area contributed by atoms with Gasteiger partial charge in [0, 0.05) is 6.42 Å². The minimum atomic E-state index is -0.458. The van der Waals surface area contributed by atoms with E-state index in [1.165, 1.54) is 6.07 Å². The molecule has 4 nitrogen and oxygen atoms in total. The molecule has 6 heteroatoms. The van der Waals surface area contributed by atoms with E-state index < -0.39 is 5.82 Å². The van der Waals surface area contributed by atoms with E-state index >= 15 is 0 Å². The van der Waals surface area contributed by atoms with E-state index in [-0.39, 0.29) is 22.9 Å². The molecule has 0 radical (unpaired) electrons. The van der Waals surface area contributed by atoms with Gasteiger partial charge in [-0.05, 0) is 17.0 Å². The molecular formula is C14H17ClFN3O. The highest BCUT2D eigenvalue weighted by Crippen LogP contribution is 2.29. The minimum absolute atomic E-state index is 0.0811. The van der Waals surface area contributed by atoms with E-state index in [9.17, 15) is 4.39 Å². The molecule has 0 amide bonds. The quantitative estimate of drug-likeness (QED) is 0.941. The minimum Gasteiger partial charge on any atom is -0.338 e. The van der Waals surface area contributed by atoms with Crippen molar-refractivity contribution in [1.29, 1.82) is 0 Å². The Balaban J connectivity index is 2.20. The summed E-state index contributed by atoms with van der Waals surface area (Å²) in [4.78, 5) is 4.23. The summed E-state index contributed by atoms with van der Waals surface area (Å²) >= 11 is 5.74. The second-order valence-corrected chi connectivity index (χ2v) is 6.19. The molecule has 2 aromatic rings. The molecule has 1 heterocycles. The average Bonchev–Trinajstić information content (AvgIpc) is 2.81. The molecule has 108 valence electrons. The first-order chi connectivity index (χ1) is 9.29. The van der Waals surface area contributed by atoms with Gasteiger partial charge in [-0.1, -0.05) is 49.7 Å². The fourth-order valence-electron chi connectivity index (χ4n) is 1.69. The number of benzene rings is 1. The molecule has 2 N–H and O–H groups in total. The molecule has 0 saturated heterocycles. The molecule has 0 aliphatic rings. The lowest BCUT2D eigenvalue weighted by Crippen LogP contribution is -2.26. The second-order valence-electron chi connectivity index (χ2n) is 5.78. The summed E-state index contributed by atoms with van der Waals surface area (Å²) in [5.41, 5.74) is 6.28.